The predicted molar refractivity (Wildman–Crippen MR) is 230 cm³/mol. The summed E-state index contributed by atoms with van der Waals surface area (Å²) in [6, 6.07) is 64.1. The molecule has 10 aromatic rings. The molecule has 0 bridgehead atoms. The summed E-state index contributed by atoms with van der Waals surface area (Å²) >= 11 is 0. The van der Waals surface area contributed by atoms with Crippen molar-refractivity contribution in [2.45, 2.75) is 5.41 Å². The molecule has 1 unspecified atom stereocenters. The first-order chi connectivity index (χ1) is 29.3. The third-order valence-electron chi connectivity index (χ3n) is 11.3. The lowest BCUT2D eigenvalue weighted by Crippen LogP contribution is -2.28. The summed E-state index contributed by atoms with van der Waals surface area (Å²) < 4.78 is 46.7. The summed E-state index contributed by atoms with van der Waals surface area (Å²) in [5.74, 6) is 0. The van der Waals surface area contributed by atoms with E-state index in [1.54, 1.807) is 18.2 Å². The van der Waals surface area contributed by atoms with Gasteiger partial charge in [-0.05, 0) is 98.8 Å². The van der Waals surface area contributed by atoms with Crippen molar-refractivity contribution < 1.29 is 6.85 Å². The van der Waals surface area contributed by atoms with Crippen molar-refractivity contribution in [3.05, 3.63) is 241 Å². The van der Waals surface area contributed by atoms with E-state index >= 15 is 0 Å². The van der Waals surface area contributed by atoms with Crippen LogP contribution in [0.1, 0.15) is 29.1 Å². The minimum atomic E-state index is -1.07. The molecule has 258 valence electrons. The van der Waals surface area contributed by atoms with E-state index in [-0.39, 0.29) is 30.2 Å². The Bertz CT molecular complexity index is 3340. The van der Waals surface area contributed by atoms with Crippen molar-refractivity contribution >= 4 is 49.6 Å². The predicted octanol–water partition coefficient (Wildman–Crippen LogP) is 13.8. The van der Waals surface area contributed by atoms with E-state index in [0.29, 0.717) is 5.56 Å². The first-order valence-corrected chi connectivity index (χ1v) is 18.6. The lowest BCUT2D eigenvalue weighted by Gasteiger charge is -2.35. The topological polar surface area (TPSA) is 8.17 Å². The van der Waals surface area contributed by atoms with E-state index in [1.165, 1.54) is 5.39 Å². The molecule has 1 aliphatic rings. The van der Waals surface area contributed by atoms with Crippen LogP contribution in [0.3, 0.4) is 0 Å². The zero-order valence-electron chi connectivity index (χ0n) is 34.8. The van der Waals surface area contributed by atoms with Gasteiger partial charge in [0.15, 0.2) is 0 Å². The Morgan fingerprint density at radius 3 is 1.95 bits per heavy atom. The maximum atomic E-state index is 9.34. The summed E-state index contributed by atoms with van der Waals surface area (Å²) in [6.45, 7) is 0. The number of hydrogen-bond acceptors (Lipinski definition) is 1. The number of hydrogen-bond donors (Lipinski definition) is 0. The molecule has 1 aliphatic carbocycles. The van der Waals surface area contributed by atoms with E-state index in [4.69, 9.17) is 5.48 Å². The van der Waals surface area contributed by atoms with Crippen molar-refractivity contribution in [2.24, 2.45) is 0 Å². The molecule has 2 heteroatoms. The Morgan fingerprint density at radius 2 is 1.07 bits per heavy atom. The van der Waals surface area contributed by atoms with Crippen LogP contribution in [0.25, 0.3) is 49.4 Å². The van der Waals surface area contributed by atoms with Gasteiger partial charge in [-0.1, -0.05) is 164 Å². The lowest BCUT2D eigenvalue weighted by atomic mass is 9.67. The van der Waals surface area contributed by atoms with Crippen LogP contribution in [0.4, 0.5) is 17.1 Å². The van der Waals surface area contributed by atoms with E-state index in [2.05, 4.69) is 149 Å². The van der Waals surface area contributed by atoms with Crippen molar-refractivity contribution in [2.75, 3.05) is 4.90 Å². The third-order valence-corrected chi connectivity index (χ3v) is 11.3. The summed E-state index contributed by atoms with van der Waals surface area (Å²) in [6.07, 6.45) is 0. The van der Waals surface area contributed by atoms with Crippen molar-refractivity contribution in [1.82, 2.24) is 4.57 Å². The van der Waals surface area contributed by atoms with Crippen LogP contribution >= 0.6 is 0 Å². The molecule has 1 aromatic heterocycles. The first kappa shape index (κ1) is 26.6. The molecule has 0 saturated carbocycles. The highest BCUT2D eigenvalue weighted by Gasteiger charge is 2.46. The van der Waals surface area contributed by atoms with Crippen molar-refractivity contribution in [3.8, 4) is 16.8 Å². The monoisotopic (exact) mass is 705 g/mol. The highest BCUT2D eigenvalue weighted by molar-refractivity contribution is 6.10. The summed E-state index contributed by atoms with van der Waals surface area (Å²) in [7, 11) is 0. The molecule has 11 rings (SSSR count). The Morgan fingerprint density at radius 1 is 0.418 bits per heavy atom. The number of para-hydroxylation sites is 2. The minimum Gasteiger partial charge on any atom is -0.310 e. The molecular weight excluding hydrogens is 665 g/mol. The highest BCUT2D eigenvalue weighted by atomic mass is 15.1. The second-order valence-electron chi connectivity index (χ2n) is 14.2. The quantitative estimate of drug-likeness (QED) is 0.167. The second-order valence-corrected chi connectivity index (χ2v) is 14.2. The average Bonchev–Trinajstić information content (AvgIpc) is 3.77. The fourth-order valence-corrected chi connectivity index (χ4v) is 8.97. The van der Waals surface area contributed by atoms with Crippen LogP contribution in [0.15, 0.2) is 218 Å². The van der Waals surface area contributed by atoms with E-state index in [1.807, 2.05) is 30.3 Å². The lowest BCUT2D eigenvalue weighted by molar-refractivity contribution is 0.768. The normalized spacial score (nSPS) is 15.9. The summed E-state index contributed by atoms with van der Waals surface area (Å²) in [5, 5.41) is 4.56. The van der Waals surface area contributed by atoms with Gasteiger partial charge >= 0.3 is 0 Å². The van der Waals surface area contributed by atoms with Crippen molar-refractivity contribution in [1.29, 1.82) is 0 Å². The largest absolute Gasteiger partial charge is 0.310 e. The van der Waals surface area contributed by atoms with Gasteiger partial charge in [-0.15, -0.1) is 0 Å². The van der Waals surface area contributed by atoms with Gasteiger partial charge in [0.25, 0.3) is 0 Å². The molecule has 0 saturated heterocycles. The summed E-state index contributed by atoms with van der Waals surface area (Å²) in [5.41, 5.74) is 9.66. The molecule has 55 heavy (non-hydrogen) atoms. The fraction of sp³-hybridized carbons (Fsp3) is 0.0189. The van der Waals surface area contributed by atoms with Gasteiger partial charge in [-0.25, -0.2) is 0 Å². The van der Waals surface area contributed by atoms with Crippen LogP contribution in [-0.4, -0.2) is 4.57 Å². The van der Waals surface area contributed by atoms with Crippen LogP contribution in [0.5, 0.6) is 0 Å². The smallest absolute Gasteiger partial charge is 0.0714 e. The van der Waals surface area contributed by atoms with Crippen LogP contribution in [-0.2, 0) is 5.41 Å². The molecule has 0 amide bonds. The number of aromatic nitrogens is 1. The third kappa shape index (κ3) is 4.75. The molecule has 0 fully saturated rings. The zero-order chi connectivity index (χ0) is 40.7. The molecular formula is C53H36N2. The number of benzene rings is 9. The molecule has 0 aliphatic heterocycles. The SMILES string of the molecule is [2H]c1ccc(C2(c3ccccc3)c3cc(N(c4ccc5ccccc5c4)c4ccc5c6ccccc6n(-c6ccccc6)c5c4)ccc3-c3c2cc([2H])c([2H])c3[2H])cc1[2H]. The van der Waals surface area contributed by atoms with Gasteiger partial charge in [0.05, 0.1) is 23.3 Å². The number of fused-ring (bicyclic) bond motifs is 7. The number of anilines is 3. The van der Waals surface area contributed by atoms with Gasteiger partial charge in [0.2, 0.25) is 0 Å². The average molecular weight is 706 g/mol. The van der Waals surface area contributed by atoms with Gasteiger partial charge in [-0.2, -0.15) is 0 Å². The van der Waals surface area contributed by atoms with E-state index < -0.39 is 5.41 Å². The maximum Gasteiger partial charge on any atom is 0.0714 e. The number of rotatable bonds is 6. The Balaban J connectivity index is 1.23. The molecule has 1 atom stereocenters. The second kappa shape index (κ2) is 12.5. The molecule has 1 heterocycles. The fourth-order valence-electron chi connectivity index (χ4n) is 8.97. The molecule has 0 N–H and O–H groups in total. The van der Waals surface area contributed by atoms with Crippen LogP contribution in [0, 0.1) is 0 Å². The van der Waals surface area contributed by atoms with E-state index in [0.717, 1.165) is 77.8 Å². The van der Waals surface area contributed by atoms with E-state index in [9.17, 15) is 1.37 Å². The Hall–Kier alpha value is -7.16. The highest BCUT2D eigenvalue weighted by Crippen LogP contribution is 2.57. The van der Waals surface area contributed by atoms with Crippen LogP contribution < -0.4 is 4.90 Å². The Kier molecular flexibility index (Phi) is 6.03. The Labute approximate surface area is 327 Å². The maximum absolute atomic E-state index is 9.34. The van der Waals surface area contributed by atoms with Gasteiger partial charge in [0.1, 0.15) is 0 Å². The first-order valence-electron chi connectivity index (χ1n) is 21.1. The standard InChI is InChI=1S/C53H36N2/c1-4-18-39(19-5-1)53(40-20-6-2-7-21-40)49-26-14-12-24-45(49)46-32-30-43(35-50(46)53)54(42-29-28-37-16-10-11-17-38(37)34-42)44-31-33-48-47-25-13-15-27-51(47)55(52(48)36-44)41-22-8-3-9-23-41/h1-36H/i1D,4D,12D,14D,24D. The molecule has 0 radical (unpaired) electrons. The van der Waals surface area contributed by atoms with Crippen molar-refractivity contribution in [3.63, 3.8) is 0 Å². The molecule has 9 aromatic carbocycles. The van der Waals surface area contributed by atoms with Gasteiger partial charge < -0.3 is 9.47 Å². The minimum absolute atomic E-state index is 0.00177. The zero-order valence-corrected chi connectivity index (χ0v) is 29.8. The van der Waals surface area contributed by atoms with Gasteiger partial charge in [-0.3, -0.25) is 0 Å². The van der Waals surface area contributed by atoms with Crippen LogP contribution in [0.2, 0.25) is 0 Å². The molecule has 0 spiro atoms. The summed E-state index contributed by atoms with van der Waals surface area (Å²) in [4.78, 5) is 2.29. The number of nitrogens with zero attached hydrogens (tertiary/aromatic N) is 2. The molecule has 2 nitrogen and oxygen atoms in total. The van der Waals surface area contributed by atoms with Gasteiger partial charge in [0, 0.05) is 33.5 Å².